The van der Waals surface area contributed by atoms with Crippen molar-refractivity contribution in [2.75, 3.05) is 10.6 Å². The lowest BCUT2D eigenvalue weighted by atomic mass is 10.1. The number of fused-ring (bicyclic) bond motifs is 1. The first-order valence-corrected chi connectivity index (χ1v) is 9.58. The number of rotatable bonds is 4. The molecule has 0 saturated heterocycles. The Labute approximate surface area is 178 Å². The number of anilines is 2. The minimum Gasteiger partial charge on any atom is -0.444 e. The Bertz CT molecular complexity index is 1210. The van der Waals surface area contributed by atoms with E-state index in [1.807, 2.05) is 13.0 Å². The van der Waals surface area contributed by atoms with Crippen LogP contribution in [0.5, 0.6) is 0 Å². The topological polar surface area (TPSA) is 102 Å². The molecule has 0 aliphatic rings. The van der Waals surface area contributed by atoms with Gasteiger partial charge in [0.2, 0.25) is 5.91 Å². The molecular weight excluding hydrogens is 403 g/mol. The number of nitrogens with zero attached hydrogens (tertiary/aromatic N) is 2. The standard InChI is InChI=1S/C22H23FN4O4/c1-13-6-5-7-15-19(13)24-12-27(20(15)29)11-18(28)25-17-10-14(23)8-9-16(17)26-21(30)31-22(2,3)4/h5-10,12H,11H2,1-4H3,(H,25,28)(H,26,30). The smallest absolute Gasteiger partial charge is 0.412 e. The van der Waals surface area contributed by atoms with Gasteiger partial charge in [0.15, 0.2) is 0 Å². The lowest BCUT2D eigenvalue weighted by molar-refractivity contribution is -0.116. The van der Waals surface area contributed by atoms with Crippen molar-refractivity contribution in [1.82, 2.24) is 9.55 Å². The molecule has 31 heavy (non-hydrogen) atoms. The summed E-state index contributed by atoms with van der Waals surface area (Å²) in [6.45, 7) is 6.62. The van der Waals surface area contributed by atoms with Crippen LogP contribution in [0.1, 0.15) is 26.3 Å². The molecule has 0 spiro atoms. The van der Waals surface area contributed by atoms with Crippen molar-refractivity contribution < 1.29 is 18.7 Å². The highest BCUT2D eigenvalue weighted by atomic mass is 19.1. The highest BCUT2D eigenvalue weighted by molar-refractivity contribution is 5.97. The van der Waals surface area contributed by atoms with Crippen molar-refractivity contribution in [3.05, 3.63) is 64.5 Å². The summed E-state index contributed by atoms with van der Waals surface area (Å²) >= 11 is 0. The minimum atomic E-state index is -0.750. The fraction of sp³-hybridized carbons (Fsp3) is 0.273. The summed E-state index contributed by atoms with van der Waals surface area (Å²) in [6.07, 6.45) is 0.544. The highest BCUT2D eigenvalue weighted by Crippen LogP contribution is 2.24. The average Bonchev–Trinajstić information content (AvgIpc) is 2.65. The number of carbonyl (C=O) groups is 2. The van der Waals surface area contributed by atoms with Crippen molar-refractivity contribution in [3.8, 4) is 0 Å². The van der Waals surface area contributed by atoms with E-state index in [0.29, 0.717) is 10.9 Å². The quantitative estimate of drug-likeness (QED) is 0.660. The van der Waals surface area contributed by atoms with Crippen molar-refractivity contribution in [3.63, 3.8) is 0 Å². The second-order valence-electron chi connectivity index (χ2n) is 8.01. The van der Waals surface area contributed by atoms with Gasteiger partial charge in [0.05, 0.1) is 28.6 Å². The molecule has 0 aliphatic heterocycles. The van der Waals surface area contributed by atoms with Gasteiger partial charge in [0.1, 0.15) is 18.0 Å². The number of amides is 2. The molecule has 162 valence electrons. The summed E-state index contributed by atoms with van der Waals surface area (Å²) in [7, 11) is 0. The molecule has 1 heterocycles. The number of aryl methyl sites for hydroxylation is 1. The predicted molar refractivity (Wildman–Crippen MR) is 116 cm³/mol. The van der Waals surface area contributed by atoms with E-state index >= 15 is 0 Å². The van der Waals surface area contributed by atoms with E-state index in [4.69, 9.17) is 4.74 Å². The summed E-state index contributed by atoms with van der Waals surface area (Å²) in [6, 6.07) is 8.74. The third-order valence-electron chi connectivity index (χ3n) is 4.26. The molecular formula is C22H23FN4O4. The number of aromatic nitrogens is 2. The second kappa shape index (κ2) is 8.55. The molecule has 1 aromatic heterocycles. The predicted octanol–water partition coefficient (Wildman–Crippen LogP) is 3.83. The van der Waals surface area contributed by atoms with Crippen LogP contribution in [0, 0.1) is 12.7 Å². The molecule has 0 bridgehead atoms. The summed E-state index contributed by atoms with van der Waals surface area (Å²) in [4.78, 5) is 41.5. The van der Waals surface area contributed by atoms with Gasteiger partial charge in [0.25, 0.3) is 5.56 Å². The Balaban J connectivity index is 1.80. The third kappa shape index (κ3) is 5.44. The van der Waals surface area contributed by atoms with Crippen LogP contribution in [-0.2, 0) is 16.1 Å². The van der Waals surface area contributed by atoms with Crippen molar-refractivity contribution in [2.24, 2.45) is 0 Å². The van der Waals surface area contributed by atoms with Gasteiger partial charge in [-0.2, -0.15) is 0 Å². The maximum atomic E-state index is 13.7. The van der Waals surface area contributed by atoms with Crippen molar-refractivity contribution in [1.29, 1.82) is 0 Å². The van der Waals surface area contributed by atoms with E-state index in [0.717, 1.165) is 22.3 Å². The number of para-hydroxylation sites is 1. The Hall–Kier alpha value is -3.75. The van der Waals surface area contributed by atoms with E-state index in [-0.39, 0.29) is 23.5 Å². The molecule has 0 radical (unpaired) electrons. The zero-order valence-corrected chi connectivity index (χ0v) is 17.7. The molecule has 0 aliphatic carbocycles. The minimum absolute atomic E-state index is 0.0356. The van der Waals surface area contributed by atoms with Gasteiger partial charge in [0, 0.05) is 0 Å². The summed E-state index contributed by atoms with van der Waals surface area (Å²) in [5, 5.41) is 5.40. The van der Waals surface area contributed by atoms with Gasteiger partial charge in [-0.3, -0.25) is 19.5 Å². The van der Waals surface area contributed by atoms with E-state index < -0.39 is 23.4 Å². The molecule has 8 nitrogen and oxygen atoms in total. The highest BCUT2D eigenvalue weighted by Gasteiger charge is 2.18. The van der Waals surface area contributed by atoms with Gasteiger partial charge in [-0.25, -0.2) is 14.2 Å². The molecule has 9 heteroatoms. The van der Waals surface area contributed by atoms with Crippen LogP contribution in [-0.4, -0.2) is 27.2 Å². The maximum absolute atomic E-state index is 13.7. The van der Waals surface area contributed by atoms with Crippen LogP contribution >= 0.6 is 0 Å². The van der Waals surface area contributed by atoms with Crippen LogP contribution in [0.25, 0.3) is 10.9 Å². The summed E-state index contributed by atoms with van der Waals surface area (Å²) in [5.74, 6) is -1.20. The molecule has 0 unspecified atom stereocenters. The first-order chi connectivity index (χ1) is 14.5. The fourth-order valence-electron chi connectivity index (χ4n) is 2.94. The number of hydrogen-bond acceptors (Lipinski definition) is 5. The maximum Gasteiger partial charge on any atom is 0.412 e. The first kappa shape index (κ1) is 21.9. The van der Waals surface area contributed by atoms with Crippen molar-refractivity contribution in [2.45, 2.75) is 39.8 Å². The number of nitrogens with one attached hydrogen (secondary N) is 2. The number of ether oxygens (including phenoxy) is 1. The largest absolute Gasteiger partial charge is 0.444 e. The fourth-order valence-corrected chi connectivity index (χ4v) is 2.94. The molecule has 0 fully saturated rings. The molecule has 3 aromatic rings. The van der Waals surface area contributed by atoms with Gasteiger partial charge < -0.3 is 10.1 Å². The van der Waals surface area contributed by atoms with Gasteiger partial charge in [-0.1, -0.05) is 12.1 Å². The monoisotopic (exact) mass is 426 g/mol. The van der Waals surface area contributed by atoms with Crippen LogP contribution in [0.15, 0.2) is 47.5 Å². The number of carbonyl (C=O) groups excluding carboxylic acids is 2. The lowest BCUT2D eigenvalue weighted by Crippen LogP contribution is -2.29. The molecule has 0 atom stereocenters. The molecule has 2 aromatic carbocycles. The lowest BCUT2D eigenvalue weighted by Gasteiger charge is -2.20. The van der Waals surface area contributed by atoms with Gasteiger partial charge >= 0.3 is 6.09 Å². The number of benzene rings is 2. The van der Waals surface area contributed by atoms with Crippen LogP contribution in [0.2, 0.25) is 0 Å². The van der Waals surface area contributed by atoms with Gasteiger partial charge in [-0.15, -0.1) is 0 Å². The molecule has 2 N–H and O–H groups in total. The van der Waals surface area contributed by atoms with Crippen LogP contribution in [0.3, 0.4) is 0 Å². The zero-order valence-electron chi connectivity index (χ0n) is 17.7. The average molecular weight is 426 g/mol. The Morgan fingerprint density at radius 2 is 1.87 bits per heavy atom. The molecule has 0 saturated carbocycles. The van der Waals surface area contributed by atoms with E-state index in [1.54, 1.807) is 32.9 Å². The van der Waals surface area contributed by atoms with Gasteiger partial charge in [-0.05, 0) is 57.5 Å². The Morgan fingerprint density at radius 3 is 2.58 bits per heavy atom. The van der Waals surface area contributed by atoms with E-state index in [1.165, 1.54) is 12.4 Å². The van der Waals surface area contributed by atoms with Crippen LogP contribution < -0.4 is 16.2 Å². The molecule has 3 rings (SSSR count). The first-order valence-electron chi connectivity index (χ1n) is 9.58. The Morgan fingerprint density at radius 1 is 1.13 bits per heavy atom. The number of halogens is 1. The SMILES string of the molecule is Cc1cccc2c(=O)n(CC(=O)Nc3cc(F)ccc3NC(=O)OC(C)(C)C)cnc12. The summed E-state index contributed by atoms with van der Waals surface area (Å²) in [5.41, 5.74) is 0.519. The van der Waals surface area contributed by atoms with E-state index in [2.05, 4.69) is 15.6 Å². The number of hydrogen-bond donors (Lipinski definition) is 2. The Kier molecular flexibility index (Phi) is 6.05. The molecule has 2 amide bonds. The van der Waals surface area contributed by atoms with E-state index in [9.17, 15) is 18.8 Å². The third-order valence-corrected chi connectivity index (χ3v) is 4.26. The second-order valence-corrected chi connectivity index (χ2v) is 8.01. The van der Waals surface area contributed by atoms with Crippen molar-refractivity contribution >= 4 is 34.3 Å². The van der Waals surface area contributed by atoms with Crippen LogP contribution in [0.4, 0.5) is 20.6 Å². The zero-order chi connectivity index (χ0) is 22.8. The summed E-state index contributed by atoms with van der Waals surface area (Å²) < 4.78 is 20.1. The normalized spacial score (nSPS) is 11.3.